The minimum absolute atomic E-state index is 0.0114. The van der Waals surface area contributed by atoms with Crippen molar-refractivity contribution in [1.82, 2.24) is 19.9 Å². The van der Waals surface area contributed by atoms with Crippen molar-refractivity contribution in [2.45, 2.75) is 48.8 Å². The molecule has 276 valence electrons. The first-order chi connectivity index (χ1) is 24.8. The number of piperazine rings is 1. The van der Waals surface area contributed by atoms with Crippen LogP contribution in [-0.2, 0) is 26.0 Å². The predicted octanol–water partition coefficient (Wildman–Crippen LogP) is 5.96. The zero-order chi connectivity index (χ0) is 37.5. The van der Waals surface area contributed by atoms with E-state index in [9.17, 15) is 26.8 Å². The first-order valence-corrected chi connectivity index (χ1v) is 18.1. The molecule has 0 aliphatic carbocycles. The number of amides is 2. The second kappa shape index (κ2) is 16.8. The van der Waals surface area contributed by atoms with E-state index in [4.69, 9.17) is 21.1 Å². The van der Waals surface area contributed by atoms with Gasteiger partial charge in [0.05, 0.1) is 30.1 Å². The Hall–Kier alpha value is -4.70. The summed E-state index contributed by atoms with van der Waals surface area (Å²) in [7, 11) is -2.75. The lowest BCUT2D eigenvalue weighted by Crippen LogP contribution is -2.53. The molecular weight excluding hydrogens is 723 g/mol. The third-order valence-corrected chi connectivity index (χ3v) is 10.7. The lowest BCUT2D eigenvalue weighted by atomic mass is 9.84. The van der Waals surface area contributed by atoms with Gasteiger partial charge in [-0.05, 0) is 60.4 Å². The van der Waals surface area contributed by atoms with Crippen LogP contribution in [0.25, 0.3) is 0 Å². The first kappa shape index (κ1) is 38.5. The number of alkyl halides is 2. The molecule has 4 aromatic rings. The number of carbonyl (C=O) groups excluding carboxylic acids is 2. The van der Waals surface area contributed by atoms with Crippen molar-refractivity contribution >= 4 is 39.3 Å². The molecule has 3 aromatic carbocycles. The maximum atomic E-state index is 15.5. The molecule has 11 nitrogen and oxygen atoms in total. The summed E-state index contributed by atoms with van der Waals surface area (Å²) < 4.78 is 81.2. The van der Waals surface area contributed by atoms with E-state index in [0.717, 1.165) is 13.3 Å². The number of anilines is 1. The number of rotatable bonds is 13. The Balaban J connectivity index is 1.47. The SMILES string of the molecule is COC(=O)N[C@H](C(=O)Nc1cncc(F)c1CC[C@H]1CNCCN1S(=O)(=O)c1ccccc1)[C@@H](c1ccc(Cl)cc1)c1cccc(OC(C)(F)F)c1. The number of methoxy groups -OCH3 is 1. The summed E-state index contributed by atoms with van der Waals surface area (Å²) in [6.07, 6.45) is -2.05. The van der Waals surface area contributed by atoms with Crippen LogP contribution in [0.1, 0.15) is 36.0 Å². The molecule has 3 N–H and O–H groups in total. The Labute approximate surface area is 304 Å². The maximum Gasteiger partial charge on any atom is 0.407 e. The molecule has 1 fully saturated rings. The van der Waals surface area contributed by atoms with Gasteiger partial charge in [-0.1, -0.05) is 54.1 Å². The lowest BCUT2D eigenvalue weighted by Gasteiger charge is -2.35. The molecule has 0 saturated carbocycles. The number of aromatic nitrogens is 1. The zero-order valence-electron chi connectivity index (χ0n) is 28.2. The van der Waals surface area contributed by atoms with Gasteiger partial charge in [0.1, 0.15) is 17.6 Å². The van der Waals surface area contributed by atoms with Crippen LogP contribution >= 0.6 is 11.6 Å². The molecular formula is C36H37ClF3N5O6S. The van der Waals surface area contributed by atoms with Crippen molar-refractivity contribution in [1.29, 1.82) is 0 Å². The molecule has 0 spiro atoms. The molecule has 0 radical (unpaired) electrons. The van der Waals surface area contributed by atoms with Gasteiger partial charge in [-0.2, -0.15) is 13.1 Å². The van der Waals surface area contributed by atoms with Gasteiger partial charge in [0.2, 0.25) is 15.9 Å². The summed E-state index contributed by atoms with van der Waals surface area (Å²) in [4.78, 5) is 31.0. The average molecular weight is 760 g/mol. The summed E-state index contributed by atoms with van der Waals surface area (Å²) in [5, 5.41) is 8.79. The van der Waals surface area contributed by atoms with Gasteiger partial charge in [-0.25, -0.2) is 17.6 Å². The normalized spacial score (nSPS) is 16.4. The minimum Gasteiger partial charge on any atom is -0.453 e. The summed E-state index contributed by atoms with van der Waals surface area (Å²) in [6, 6.07) is 18.0. The van der Waals surface area contributed by atoms with Crippen molar-refractivity contribution in [3.05, 3.63) is 119 Å². The molecule has 5 rings (SSSR count). The number of sulfonamides is 1. The van der Waals surface area contributed by atoms with Gasteiger partial charge in [0.25, 0.3) is 0 Å². The predicted molar refractivity (Wildman–Crippen MR) is 188 cm³/mol. The van der Waals surface area contributed by atoms with Crippen LogP contribution in [-0.4, -0.2) is 74.6 Å². The average Bonchev–Trinajstić information content (AvgIpc) is 3.11. The minimum atomic E-state index is -3.85. The number of hydrogen-bond acceptors (Lipinski definition) is 8. The van der Waals surface area contributed by atoms with Crippen LogP contribution in [0.3, 0.4) is 0 Å². The van der Waals surface area contributed by atoms with E-state index in [1.807, 2.05) is 0 Å². The molecule has 1 aliphatic heterocycles. The van der Waals surface area contributed by atoms with Gasteiger partial charge in [-0.3, -0.25) is 9.78 Å². The van der Waals surface area contributed by atoms with Crippen LogP contribution in [0.2, 0.25) is 5.02 Å². The molecule has 16 heteroatoms. The highest BCUT2D eigenvalue weighted by Gasteiger charge is 2.36. The van der Waals surface area contributed by atoms with E-state index in [1.54, 1.807) is 48.5 Å². The van der Waals surface area contributed by atoms with E-state index >= 15 is 4.39 Å². The second-order valence-electron chi connectivity index (χ2n) is 12.1. The third kappa shape index (κ3) is 9.59. The Morgan fingerprint density at radius 1 is 1.06 bits per heavy atom. The van der Waals surface area contributed by atoms with Gasteiger partial charge in [0.15, 0.2) is 0 Å². The van der Waals surface area contributed by atoms with Crippen molar-refractivity contribution in [3.63, 3.8) is 0 Å². The van der Waals surface area contributed by atoms with E-state index in [0.29, 0.717) is 36.2 Å². The number of pyridine rings is 1. The Kier molecular flexibility index (Phi) is 12.4. The third-order valence-electron chi connectivity index (χ3n) is 8.45. The molecule has 1 aliphatic rings. The van der Waals surface area contributed by atoms with Crippen LogP contribution < -0.4 is 20.7 Å². The van der Waals surface area contributed by atoms with Crippen LogP contribution in [0.5, 0.6) is 5.75 Å². The van der Waals surface area contributed by atoms with Crippen LogP contribution in [0, 0.1) is 5.82 Å². The first-order valence-electron chi connectivity index (χ1n) is 16.2. The number of nitrogens with zero attached hydrogens (tertiary/aromatic N) is 2. The highest BCUT2D eigenvalue weighted by atomic mass is 35.5. The van der Waals surface area contributed by atoms with Gasteiger partial charge < -0.3 is 25.4 Å². The van der Waals surface area contributed by atoms with E-state index in [1.165, 1.54) is 40.8 Å². The molecule has 0 unspecified atom stereocenters. The molecule has 2 amide bonds. The van der Waals surface area contributed by atoms with E-state index in [2.05, 4.69) is 20.9 Å². The van der Waals surface area contributed by atoms with Crippen molar-refractivity contribution in [2.24, 2.45) is 0 Å². The standard InChI is InChI=1S/C36H37ClF3N5O6S/c1-36(39,40)51-27-8-6-7-24(19-27)32(23-11-13-25(37)14-12-23)33(44-35(47)50-2)34(46)43-31-22-42-21-30(38)29(31)16-15-26-20-41-17-18-45(26)52(48,49)28-9-4-3-5-10-28/h3-14,19,21-22,26,32-33,41H,15-18,20H2,1-2H3,(H,43,46)(H,44,47)/t26-,32-,33-/m0/s1. The zero-order valence-corrected chi connectivity index (χ0v) is 29.8. The number of hydrogen-bond donors (Lipinski definition) is 3. The maximum absolute atomic E-state index is 15.5. The van der Waals surface area contributed by atoms with E-state index in [-0.39, 0.29) is 41.3 Å². The van der Waals surface area contributed by atoms with Crippen LogP contribution in [0.15, 0.2) is 96.2 Å². The van der Waals surface area contributed by atoms with Gasteiger partial charge >= 0.3 is 12.2 Å². The largest absolute Gasteiger partial charge is 0.453 e. The number of carbonyl (C=O) groups is 2. The van der Waals surface area contributed by atoms with Crippen molar-refractivity contribution in [2.75, 3.05) is 32.1 Å². The molecule has 3 atom stereocenters. The molecule has 1 aromatic heterocycles. The summed E-state index contributed by atoms with van der Waals surface area (Å²) in [6.45, 7) is 1.55. The Bertz CT molecular complexity index is 1970. The smallest absolute Gasteiger partial charge is 0.407 e. The molecule has 1 saturated heterocycles. The quantitative estimate of drug-likeness (QED) is 0.152. The summed E-state index contributed by atoms with van der Waals surface area (Å²) >= 11 is 6.14. The van der Waals surface area contributed by atoms with Crippen molar-refractivity contribution < 1.29 is 40.7 Å². The fraction of sp³-hybridized carbons (Fsp3) is 0.306. The number of alkyl carbamates (subject to hydrolysis) is 1. The molecule has 2 heterocycles. The highest BCUT2D eigenvalue weighted by molar-refractivity contribution is 7.89. The fourth-order valence-corrected chi connectivity index (χ4v) is 7.89. The topological polar surface area (TPSA) is 139 Å². The number of halogens is 4. The second-order valence-corrected chi connectivity index (χ2v) is 14.4. The summed E-state index contributed by atoms with van der Waals surface area (Å²) in [5.74, 6) is -2.78. The van der Waals surface area contributed by atoms with Gasteiger partial charge in [-0.15, -0.1) is 0 Å². The van der Waals surface area contributed by atoms with Gasteiger partial charge in [0, 0.05) is 49.1 Å². The number of ether oxygens (including phenoxy) is 2. The lowest BCUT2D eigenvalue weighted by molar-refractivity contribution is -0.159. The number of nitrogens with one attached hydrogen (secondary N) is 3. The number of benzene rings is 3. The molecule has 0 bridgehead atoms. The van der Waals surface area contributed by atoms with Crippen LogP contribution in [0.4, 0.5) is 23.7 Å². The molecule has 52 heavy (non-hydrogen) atoms. The fourth-order valence-electron chi connectivity index (χ4n) is 6.09. The van der Waals surface area contributed by atoms with Crippen molar-refractivity contribution in [3.8, 4) is 5.75 Å². The summed E-state index contributed by atoms with van der Waals surface area (Å²) in [5.41, 5.74) is 0.818. The van der Waals surface area contributed by atoms with E-state index < -0.39 is 52.0 Å². The Morgan fingerprint density at radius 3 is 2.48 bits per heavy atom. The highest BCUT2D eigenvalue weighted by Crippen LogP contribution is 2.34. The Morgan fingerprint density at radius 2 is 1.79 bits per heavy atom. The monoisotopic (exact) mass is 759 g/mol.